The lowest BCUT2D eigenvalue weighted by atomic mass is 9.74. The van der Waals surface area contributed by atoms with Crippen LogP contribution in [-0.2, 0) is 9.53 Å². The number of pyridine rings is 1. The van der Waals surface area contributed by atoms with E-state index in [4.69, 9.17) is 4.74 Å². The number of esters is 1. The minimum atomic E-state index is -0.445. The van der Waals surface area contributed by atoms with Gasteiger partial charge in [0.25, 0.3) is 0 Å². The lowest BCUT2D eigenvalue weighted by Gasteiger charge is -2.32. The molecule has 0 spiro atoms. The van der Waals surface area contributed by atoms with Crippen molar-refractivity contribution in [3.05, 3.63) is 65.6 Å². The monoisotopic (exact) mass is 366 g/mol. The van der Waals surface area contributed by atoms with Gasteiger partial charge in [-0.3, -0.25) is 14.8 Å². The Morgan fingerprint density at radius 2 is 1.88 bits per heavy atom. The Bertz CT molecular complexity index is 857. The number of methoxy groups -OCH3 is 1. The summed E-state index contributed by atoms with van der Waals surface area (Å²) in [6.45, 7) is 3.89. The topological polar surface area (TPSA) is 51.5 Å². The Hall–Kier alpha value is -2.40. The second-order valence-corrected chi connectivity index (χ2v) is 7.13. The number of allylic oxidation sites excluding steroid dienone is 2. The van der Waals surface area contributed by atoms with Crippen LogP contribution in [0.15, 0.2) is 64.4 Å². The van der Waals surface area contributed by atoms with Gasteiger partial charge in [-0.2, -0.15) is 0 Å². The van der Waals surface area contributed by atoms with Crippen molar-refractivity contribution in [1.82, 2.24) is 4.98 Å². The van der Waals surface area contributed by atoms with Crippen molar-refractivity contribution >= 4 is 29.0 Å². The van der Waals surface area contributed by atoms with Crippen molar-refractivity contribution in [3.8, 4) is 0 Å². The van der Waals surface area contributed by atoms with Crippen LogP contribution in [0.1, 0.15) is 30.9 Å². The zero-order valence-corrected chi connectivity index (χ0v) is 16.2. The second-order valence-electron chi connectivity index (χ2n) is 6.25. The average molecular weight is 366 g/mol. The molecule has 134 valence electrons. The van der Waals surface area contributed by atoms with Gasteiger partial charge in [0.05, 0.1) is 7.11 Å². The van der Waals surface area contributed by atoms with E-state index in [0.717, 1.165) is 28.1 Å². The van der Waals surface area contributed by atoms with Crippen LogP contribution in [0.5, 0.6) is 0 Å². The summed E-state index contributed by atoms with van der Waals surface area (Å²) in [6, 6.07) is 12.3. The van der Waals surface area contributed by atoms with Crippen molar-refractivity contribution in [2.75, 3.05) is 13.4 Å². The second kappa shape index (κ2) is 7.87. The van der Waals surface area contributed by atoms with Crippen molar-refractivity contribution in [1.29, 1.82) is 0 Å². The van der Waals surface area contributed by atoms with Crippen LogP contribution in [0.25, 0.3) is 5.57 Å². The lowest BCUT2D eigenvalue weighted by Crippen LogP contribution is -2.33. The number of carbonyl (C=O) groups is 1. The van der Waals surface area contributed by atoms with Crippen molar-refractivity contribution in [2.45, 2.75) is 24.7 Å². The first-order valence-electron chi connectivity index (χ1n) is 8.45. The normalized spacial score (nSPS) is 19.9. The molecule has 0 N–H and O–H groups in total. The summed E-state index contributed by atoms with van der Waals surface area (Å²) in [5.41, 5.74) is 4.77. The molecular formula is C21H22N2O2S. The number of carbonyl (C=O) groups excluding carboxylic acids is 1. The standard InChI is InChI=1S/C21H22N2O2S/c1-13-18(16-6-5-11-22-12-16)20(15-7-9-17(26-4)10-8-15)19(14(2)23-13)21(24)25-3/h5-12,19-20H,1-4H3. The summed E-state index contributed by atoms with van der Waals surface area (Å²) in [6.07, 6.45) is 5.62. The highest BCUT2D eigenvalue weighted by molar-refractivity contribution is 7.98. The number of hydrogen-bond acceptors (Lipinski definition) is 5. The molecule has 4 nitrogen and oxygen atoms in total. The first-order chi connectivity index (χ1) is 12.6. The quantitative estimate of drug-likeness (QED) is 0.587. The summed E-state index contributed by atoms with van der Waals surface area (Å²) in [7, 11) is 1.43. The third kappa shape index (κ3) is 3.44. The zero-order valence-electron chi connectivity index (χ0n) is 15.4. The number of nitrogens with zero attached hydrogens (tertiary/aromatic N) is 2. The Labute approximate surface area is 158 Å². The first kappa shape index (κ1) is 18.4. The molecule has 0 bridgehead atoms. The fourth-order valence-corrected chi connectivity index (χ4v) is 3.95. The molecule has 3 rings (SSSR count). The molecule has 2 aromatic rings. The molecule has 0 radical (unpaired) electrons. The van der Waals surface area contributed by atoms with E-state index in [1.54, 1.807) is 18.0 Å². The Morgan fingerprint density at radius 3 is 2.46 bits per heavy atom. The SMILES string of the molecule is COC(=O)C1C(C)=NC(C)=C(c2cccnc2)C1c1ccc(SC)cc1. The molecule has 0 aliphatic carbocycles. The van der Waals surface area contributed by atoms with Gasteiger partial charge in [-0.1, -0.05) is 18.2 Å². The maximum atomic E-state index is 12.6. The Kier molecular flexibility index (Phi) is 5.57. The third-order valence-electron chi connectivity index (χ3n) is 4.73. The minimum absolute atomic E-state index is 0.153. The predicted molar refractivity (Wildman–Crippen MR) is 106 cm³/mol. The molecule has 1 aliphatic heterocycles. The molecule has 26 heavy (non-hydrogen) atoms. The van der Waals surface area contributed by atoms with Crippen LogP contribution in [0.2, 0.25) is 0 Å². The molecule has 5 heteroatoms. The number of benzene rings is 1. The van der Waals surface area contributed by atoms with E-state index < -0.39 is 5.92 Å². The third-order valence-corrected chi connectivity index (χ3v) is 5.47. The van der Waals surface area contributed by atoms with Crippen LogP contribution < -0.4 is 0 Å². The number of aliphatic imine (C=N–C) groups is 1. The summed E-state index contributed by atoms with van der Waals surface area (Å²) in [5, 5.41) is 0. The van der Waals surface area contributed by atoms with E-state index >= 15 is 0 Å². The molecule has 0 fully saturated rings. The van der Waals surface area contributed by atoms with Gasteiger partial charge in [-0.05, 0) is 55.0 Å². The molecule has 2 unspecified atom stereocenters. The fourth-order valence-electron chi connectivity index (χ4n) is 3.54. The van der Waals surface area contributed by atoms with Crippen LogP contribution in [-0.4, -0.2) is 30.0 Å². The largest absolute Gasteiger partial charge is 0.468 e. The van der Waals surface area contributed by atoms with Crippen LogP contribution in [0.3, 0.4) is 0 Å². The highest BCUT2D eigenvalue weighted by Crippen LogP contribution is 2.44. The first-order valence-corrected chi connectivity index (χ1v) is 9.67. The molecule has 0 saturated heterocycles. The van der Waals surface area contributed by atoms with Gasteiger partial charge in [-0.15, -0.1) is 11.8 Å². The number of rotatable bonds is 4. The summed E-state index contributed by atoms with van der Waals surface area (Å²) in [5.74, 6) is -0.863. The molecule has 1 aromatic heterocycles. The van der Waals surface area contributed by atoms with Crippen molar-refractivity contribution in [2.24, 2.45) is 10.9 Å². The highest BCUT2D eigenvalue weighted by Gasteiger charge is 2.39. The van der Waals surface area contributed by atoms with Gasteiger partial charge in [0.15, 0.2) is 0 Å². The summed E-state index contributed by atoms with van der Waals surface area (Å²) in [4.78, 5) is 22.7. The fraction of sp³-hybridized carbons (Fsp3) is 0.286. The predicted octanol–water partition coefficient (Wildman–Crippen LogP) is 4.58. The Balaban J connectivity index is 2.19. The lowest BCUT2D eigenvalue weighted by molar-refractivity contribution is -0.143. The van der Waals surface area contributed by atoms with Crippen LogP contribution >= 0.6 is 11.8 Å². The minimum Gasteiger partial charge on any atom is -0.468 e. The van der Waals surface area contributed by atoms with Crippen LogP contribution in [0.4, 0.5) is 0 Å². The number of ether oxygens (including phenoxy) is 1. The van der Waals surface area contributed by atoms with Crippen molar-refractivity contribution < 1.29 is 9.53 Å². The molecular weight excluding hydrogens is 344 g/mol. The molecule has 1 aromatic carbocycles. The van der Waals surface area contributed by atoms with Gasteiger partial charge in [0.1, 0.15) is 5.92 Å². The molecule has 2 atom stereocenters. The van der Waals surface area contributed by atoms with E-state index in [9.17, 15) is 4.79 Å². The van der Waals surface area contributed by atoms with E-state index in [0.29, 0.717) is 0 Å². The van der Waals surface area contributed by atoms with Gasteiger partial charge in [0, 0.05) is 34.6 Å². The molecule has 2 heterocycles. The average Bonchev–Trinajstić information content (AvgIpc) is 2.67. The highest BCUT2D eigenvalue weighted by atomic mass is 32.2. The number of hydrogen-bond donors (Lipinski definition) is 0. The zero-order chi connectivity index (χ0) is 18.7. The number of aromatic nitrogens is 1. The molecule has 0 amide bonds. The molecule has 1 aliphatic rings. The van der Waals surface area contributed by atoms with E-state index in [1.807, 2.05) is 32.2 Å². The maximum Gasteiger partial charge on any atom is 0.315 e. The smallest absolute Gasteiger partial charge is 0.315 e. The van der Waals surface area contributed by atoms with E-state index in [-0.39, 0.29) is 11.9 Å². The van der Waals surface area contributed by atoms with E-state index in [1.165, 1.54) is 12.0 Å². The summed E-state index contributed by atoms with van der Waals surface area (Å²) < 4.78 is 5.11. The Morgan fingerprint density at radius 1 is 1.15 bits per heavy atom. The maximum absolute atomic E-state index is 12.6. The molecule has 0 saturated carbocycles. The van der Waals surface area contributed by atoms with Crippen LogP contribution in [0, 0.1) is 5.92 Å². The number of thioether (sulfide) groups is 1. The van der Waals surface area contributed by atoms with E-state index in [2.05, 4.69) is 40.5 Å². The van der Waals surface area contributed by atoms with Gasteiger partial charge < -0.3 is 4.74 Å². The summed E-state index contributed by atoms with van der Waals surface area (Å²) >= 11 is 1.70. The van der Waals surface area contributed by atoms with Gasteiger partial charge in [0.2, 0.25) is 0 Å². The van der Waals surface area contributed by atoms with Gasteiger partial charge in [-0.25, -0.2) is 0 Å². The van der Waals surface area contributed by atoms with Crippen molar-refractivity contribution in [3.63, 3.8) is 0 Å². The van der Waals surface area contributed by atoms with Gasteiger partial charge >= 0.3 is 5.97 Å².